The van der Waals surface area contributed by atoms with E-state index in [1.165, 1.54) is 0 Å². The van der Waals surface area contributed by atoms with Crippen molar-refractivity contribution in [2.75, 3.05) is 0 Å². The molecule has 132 valence electrons. The average Bonchev–Trinajstić information content (AvgIpc) is 2.55. The minimum atomic E-state index is -1.43. The Kier molecular flexibility index (Phi) is 6.21. The summed E-state index contributed by atoms with van der Waals surface area (Å²) in [6.45, 7) is 5.07. The number of carbonyl (C=O) groups excluding carboxylic acids is 2. The van der Waals surface area contributed by atoms with E-state index in [9.17, 15) is 9.59 Å². The minimum Gasteiger partial charge on any atom is -0.475 e. The van der Waals surface area contributed by atoms with Gasteiger partial charge in [-0.3, -0.25) is 4.79 Å². The number of Topliss-reactive ketones (excluding diaryl/α,β-unsaturated/α-hetero) is 1. The number of rotatable bonds is 7. The van der Waals surface area contributed by atoms with Crippen molar-refractivity contribution in [1.82, 2.24) is 0 Å². The third-order valence-electron chi connectivity index (χ3n) is 3.52. The summed E-state index contributed by atoms with van der Waals surface area (Å²) in [6.07, 6.45) is -0.452. The number of para-hydroxylation sites is 1. The minimum absolute atomic E-state index is 0.144. The maximum absolute atomic E-state index is 12.6. The van der Waals surface area contributed by atoms with Gasteiger partial charge in [0.05, 0.1) is 12.5 Å². The monoisotopic (exact) mass is 360 g/mol. The van der Waals surface area contributed by atoms with Crippen LogP contribution in [0.4, 0.5) is 0 Å². The Hall–Kier alpha value is -2.33. The van der Waals surface area contributed by atoms with Crippen LogP contribution in [0.2, 0.25) is 5.02 Å². The highest BCUT2D eigenvalue weighted by molar-refractivity contribution is 6.30. The van der Waals surface area contributed by atoms with E-state index in [0.717, 1.165) is 0 Å². The first-order chi connectivity index (χ1) is 11.8. The molecule has 25 heavy (non-hydrogen) atoms. The molecular weight excluding hydrogens is 340 g/mol. The van der Waals surface area contributed by atoms with Crippen LogP contribution in [0.5, 0.6) is 5.75 Å². The quantitative estimate of drug-likeness (QED) is 0.530. The van der Waals surface area contributed by atoms with Gasteiger partial charge in [-0.15, -0.1) is 0 Å². The summed E-state index contributed by atoms with van der Waals surface area (Å²) in [7, 11) is 0. The number of hydrogen-bond donors (Lipinski definition) is 0. The highest BCUT2D eigenvalue weighted by atomic mass is 35.5. The van der Waals surface area contributed by atoms with Crippen LogP contribution in [0.3, 0.4) is 0 Å². The van der Waals surface area contributed by atoms with E-state index < -0.39 is 11.6 Å². The van der Waals surface area contributed by atoms with Gasteiger partial charge in [0.2, 0.25) is 5.60 Å². The summed E-state index contributed by atoms with van der Waals surface area (Å²) in [5.41, 5.74) is -0.966. The lowest BCUT2D eigenvalue weighted by Gasteiger charge is -2.29. The third kappa shape index (κ3) is 5.33. The highest BCUT2D eigenvalue weighted by Gasteiger charge is 2.40. The summed E-state index contributed by atoms with van der Waals surface area (Å²) in [6, 6.07) is 15.4. The first-order valence-corrected chi connectivity index (χ1v) is 8.42. The number of hydrogen-bond acceptors (Lipinski definition) is 4. The molecule has 0 bridgehead atoms. The lowest BCUT2D eigenvalue weighted by atomic mass is 9.95. The zero-order valence-electron chi connectivity index (χ0n) is 14.5. The summed E-state index contributed by atoms with van der Waals surface area (Å²) in [5, 5.41) is 0.541. The van der Waals surface area contributed by atoms with E-state index in [-0.39, 0.29) is 18.3 Å². The van der Waals surface area contributed by atoms with Crippen LogP contribution in [0.1, 0.15) is 37.6 Å². The fourth-order valence-corrected chi connectivity index (χ4v) is 2.41. The fourth-order valence-electron chi connectivity index (χ4n) is 2.28. The van der Waals surface area contributed by atoms with E-state index >= 15 is 0 Å². The van der Waals surface area contributed by atoms with E-state index in [2.05, 4.69) is 0 Å². The number of ether oxygens (including phenoxy) is 2. The van der Waals surface area contributed by atoms with Crippen LogP contribution in [-0.2, 0) is 9.53 Å². The van der Waals surface area contributed by atoms with Gasteiger partial charge in [-0.25, -0.2) is 4.79 Å². The molecule has 0 aliphatic rings. The molecule has 1 unspecified atom stereocenters. The van der Waals surface area contributed by atoms with Gasteiger partial charge in [0.25, 0.3) is 0 Å². The molecule has 0 fully saturated rings. The molecule has 1 atom stereocenters. The van der Waals surface area contributed by atoms with Crippen LogP contribution in [0.25, 0.3) is 0 Å². The molecule has 0 radical (unpaired) electrons. The van der Waals surface area contributed by atoms with Crippen molar-refractivity contribution in [3.05, 3.63) is 65.2 Å². The number of halogens is 1. The van der Waals surface area contributed by atoms with Crippen LogP contribution in [0.15, 0.2) is 54.6 Å². The third-order valence-corrected chi connectivity index (χ3v) is 3.78. The Balaban J connectivity index is 2.25. The van der Waals surface area contributed by atoms with Crippen LogP contribution in [-0.4, -0.2) is 23.5 Å². The zero-order chi connectivity index (χ0) is 18.4. The van der Waals surface area contributed by atoms with Crippen molar-refractivity contribution in [2.24, 2.45) is 0 Å². The topological polar surface area (TPSA) is 52.6 Å². The smallest absolute Gasteiger partial charge is 0.350 e. The molecule has 2 aromatic rings. The molecule has 0 amide bonds. The van der Waals surface area contributed by atoms with E-state index in [1.54, 1.807) is 69.3 Å². The Labute approximate surface area is 152 Å². The zero-order valence-corrected chi connectivity index (χ0v) is 15.2. The lowest BCUT2D eigenvalue weighted by molar-refractivity contribution is -0.164. The van der Waals surface area contributed by atoms with Gasteiger partial charge >= 0.3 is 5.97 Å². The molecule has 0 saturated heterocycles. The van der Waals surface area contributed by atoms with Crippen LogP contribution in [0, 0.1) is 0 Å². The second kappa shape index (κ2) is 8.17. The molecule has 5 heteroatoms. The van der Waals surface area contributed by atoms with E-state index in [1.807, 2.05) is 6.07 Å². The number of benzene rings is 2. The fraction of sp³-hybridized carbons (Fsp3) is 0.300. The first-order valence-electron chi connectivity index (χ1n) is 8.04. The predicted molar refractivity (Wildman–Crippen MR) is 97.1 cm³/mol. The Morgan fingerprint density at radius 2 is 1.64 bits per heavy atom. The average molecular weight is 361 g/mol. The number of carbonyl (C=O) groups is 2. The molecule has 0 aliphatic carbocycles. The van der Waals surface area contributed by atoms with Gasteiger partial charge in [-0.1, -0.05) is 29.8 Å². The Bertz CT molecular complexity index is 725. The summed E-state index contributed by atoms with van der Waals surface area (Å²) < 4.78 is 11.2. The molecular formula is C20H21ClO4. The van der Waals surface area contributed by atoms with Crippen molar-refractivity contribution in [2.45, 2.75) is 38.9 Å². The summed E-state index contributed by atoms with van der Waals surface area (Å²) in [5.74, 6) is -0.306. The predicted octanol–water partition coefficient (Wildman–Crippen LogP) is 4.70. The van der Waals surface area contributed by atoms with Gasteiger partial charge in [0.1, 0.15) is 5.75 Å². The van der Waals surface area contributed by atoms with Gasteiger partial charge < -0.3 is 9.47 Å². The van der Waals surface area contributed by atoms with E-state index in [4.69, 9.17) is 21.1 Å². The van der Waals surface area contributed by atoms with Crippen LogP contribution >= 0.6 is 11.6 Å². The molecule has 0 aliphatic heterocycles. The normalized spacial score (nSPS) is 13.2. The molecule has 0 aromatic heterocycles. The van der Waals surface area contributed by atoms with Crippen LogP contribution < -0.4 is 4.74 Å². The van der Waals surface area contributed by atoms with Crippen molar-refractivity contribution in [3.8, 4) is 5.75 Å². The number of ketones is 1. The standard InChI is InChI=1S/C20H21ClO4/c1-14(2)24-19(23)20(3,25-17-7-5-4-6-8-17)13-18(22)15-9-11-16(21)12-10-15/h4-12,14H,13H2,1-3H3. The largest absolute Gasteiger partial charge is 0.475 e. The molecule has 0 N–H and O–H groups in total. The van der Waals surface area contributed by atoms with Gasteiger partial charge in [0, 0.05) is 10.6 Å². The van der Waals surface area contributed by atoms with Crippen molar-refractivity contribution in [1.29, 1.82) is 0 Å². The van der Waals surface area contributed by atoms with Crippen molar-refractivity contribution >= 4 is 23.4 Å². The summed E-state index contributed by atoms with van der Waals surface area (Å²) >= 11 is 5.85. The first kappa shape index (κ1) is 19.0. The Morgan fingerprint density at radius 1 is 1.04 bits per heavy atom. The number of esters is 1. The molecule has 0 saturated carbocycles. The van der Waals surface area contributed by atoms with Crippen molar-refractivity contribution in [3.63, 3.8) is 0 Å². The molecule has 0 heterocycles. The second-order valence-electron chi connectivity index (χ2n) is 6.21. The summed E-state index contributed by atoms with van der Waals surface area (Å²) in [4.78, 5) is 25.2. The molecule has 2 aromatic carbocycles. The second-order valence-corrected chi connectivity index (χ2v) is 6.64. The molecule has 2 rings (SSSR count). The van der Waals surface area contributed by atoms with Crippen molar-refractivity contribution < 1.29 is 19.1 Å². The van der Waals surface area contributed by atoms with Gasteiger partial charge in [-0.2, -0.15) is 0 Å². The highest BCUT2D eigenvalue weighted by Crippen LogP contribution is 2.25. The van der Waals surface area contributed by atoms with Gasteiger partial charge in [0.15, 0.2) is 5.78 Å². The Morgan fingerprint density at radius 3 is 2.20 bits per heavy atom. The SMILES string of the molecule is CC(C)OC(=O)C(C)(CC(=O)c1ccc(Cl)cc1)Oc1ccccc1. The molecule has 0 spiro atoms. The maximum Gasteiger partial charge on any atom is 0.350 e. The van der Waals surface area contributed by atoms with Gasteiger partial charge in [-0.05, 0) is 57.2 Å². The maximum atomic E-state index is 12.6. The molecule has 4 nitrogen and oxygen atoms in total. The lowest BCUT2D eigenvalue weighted by Crippen LogP contribution is -2.45. The van der Waals surface area contributed by atoms with E-state index in [0.29, 0.717) is 16.3 Å².